The van der Waals surface area contributed by atoms with Crippen LogP contribution in [-0.2, 0) is 11.2 Å². The lowest BCUT2D eigenvalue weighted by molar-refractivity contribution is -0.139. The standard InChI is InChI=1S/C19H18FNO4/c1-11-8-13(9-12(2)18(11)25-10-17(22)23)19(24)21-7-6-14-15(20)4-3-5-16(14)21/h3-5,8-9H,6-7,10H2,1-2H3,(H,22,23). The number of anilines is 1. The third-order valence-corrected chi connectivity index (χ3v) is 4.26. The molecule has 0 aromatic heterocycles. The first kappa shape index (κ1) is 17.0. The van der Waals surface area contributed by atoms with Crippen molar-refractivity contribution in [1.82, 2.24) is 0 Å². The van der Waals surface area contributed by atoms with Crippen molar-refractivity contribution in [2.24, 2.45) is 0 Å². The van der Waals surface area contributed by atoms with Crippen molar-refractivity contribution in [2.75, 3.05) is 18.1 Å². The Morgan fingerprint density at radius 3 is 2.56 bits per heavy atom. The van der Waals surface area contributed by atoms with Gasteiger partial charge in [0, 0.05) is 17.7 Å². The van der Waals surface area contributed by atoms with Crippen LogP contribution in [0.1, 0.15) is 27.0 Å². The number of carbonyl (C=O) groups excluding carboxylic acids is 1. The van der Waals surface area contributed by atoms with E-state index in [1.54, 1.807) is 43.0 Å². The molecule has 0 spiro atoms. The van der Waals surface area contributed by atoms with E-state index in [0.717, 1.165) is 0 Å². The quantitative estimate of drug-likeness (QED) is 0.926. The molecule has 2 aromatic rings. The lowest BCUT2D eigenvalue weighted by Crippen LogP contribution is -2.29. The van der Waals surface area contributed by atoms with E-state index < -0.39 is 12.6 Å². The number of fused-ring (bicyclic) bond motifs is 1. The van der Waals surface area contributed by atoms with E-state index in [1.807, 2.05) is 0 Å². The highest BCUT2D eigenvalue weighted by Gasteiger charge is 2.28. The Hall–Kier alpha value is -2.89. The maximum Gasteiger partial charge on any atom is 0.341 e. The summed E-state index contributed by atoms with van der Waals surface area (Å²) in [6.07, 6.45) is 0.492. The average molecular weight is 343 g/mol. The van der Waals surface area contributed by atoms with Gasteiger partial charge in [-0.05, 0) is 55.7 Å². The average Bonchev–Trinajstić information content (AvgIpc) is 2.98. The number of hydrogen-bond donors (Lipinski definition) is 1. The molecule has 0 atom stereocenters. The number of ether oxygens (including phenoxy) is 1. The topological polar surface area (TPSA) is 66.8 Å². The number of carboxylic acid groups (broad SMARTS) is 1. The number of aliphatic carboxylic acids is 1. The van der Waals surface area contributed by atoms with E-state index >= 15 is 0 Å². The number of benzene rings is 2. The Balaban J connectivity index is 1.90. The molecule has 1 aliphatic rings. The summed E-state index contributed by atoms with van der Waals surface area (Å²) in [6, 6.07) is 8.08. The zero-order valence-corrected chi connectivity index (χ0v) is 14.0. The molecule has 0 saturated carbocycles. The van der Waals surface area contributed by atoms with Crippen molar-refractivity contribution in [2.45, 2.75) is 20.3 Å². The van der Waals surface area contributed by atoms with Gasteiger partial charge in [0.15, 0.2) is 6.61 Å². The molecular weight excluding hydrogens is 325 g/mol. The fourth-order valence-electron chi connectivity index (χ4n) is 3.19. The summed E-state index contributed by atoms with van der Waals surface area (Å²) in [5.41, 5.74) is 3.00. The van der Waals surface area contributed by atoms with Crippen molar-refractivity contribution in [3.8, 4) is 5.75 Å². The molecule has 0 unspecified atom stereocenters. The predicted molar refractivity (Wildman–Crippen MR) is 90.8 cm³/mol. The maximum atomic E-state index is 13.9. The Kier molecular flexibility index (Phi) is 4.44. The minimum Gasteiger partial charge on any atom is -0.481 e. The summed E-state index contributed by atoms with van der Waals surface area (Å²) >= 11 is 0. The second kappa shape index (κ2) is 6.55. The third kappa shape index (κ3) is 3.20. The summed E-state index contributed by atoms with van der Waals surface area (Å²) in [7, 11) is 0. The van der Waals surface area contributed by atoms with E-state index in [2.05, 4.69) is 0 Å². The van der Waals surface area contributed by atoms with Gasteiger partial charge in [-0.3, -0.25) is 4.79 Å². The molecule has 2 aromatic carbocycles. The number of halogens is 1. The van der Waals surface area contributed by atoms with Crippen LogP contribution in [-0.4, -0.2) is 30.1 Å². The molecule has 130 valence electrons. The lowest BCUT2D eigenvalue weighted by atomic mass is 10.0. The Labute approximate surface area is 144 Å². The van der Waals surface area contributed by atoms with Gasteiger partial charge >= 0.3 is 5.97 Å². The van der Waals surface area contributed by atoms with Gasteiger partial charge in [0.1, 0.15) is 11.6 Å². The zero-order chi connectivity index (χ0) is 18.1. The summed E-state index contributed by atoms with van der Waals surface area (Å²) in [5.74, 6) is -1.10. The smallest absolute Gasteiger partial charge is 0.341 e. The van der Waals surface area contributed by atoms with E-state index in [-0.39, 0.29) is 11.7 Å². The van der Waals surface area contributed by atoms with Gasteiger partial charge in [-0.25, -0.2) is 9.18 Å². The number of aryl methyl sites for hydroxylation is 2. The lowest BCUT2D eigenvalue weighted by Gasteiger charge is -2.19. The van der Waals surface area contributed by atoms with Crippen LogP contribution in [0.2, 0.25) is 0 Å². The van der Waals surface area contributed by atoms with Crippen LogP contribution in [0.3, 0.4) is 0 Å². The summed E-state index contributed by atoms with van der Waals surface area (Å²) < 4.78 is 19.1. The van der Waals surface area contributed by atoms with Crippen LogP contribution in [0.5, 0.6) is 5.75 Å². The summed E-state index contributed by atoms with van der Waals surface area (Å²) in [4.78, 5) is 25.1. The molecule has 0 aliphatic carbocycles. The fraction of sp³-hybridized carbons (Fsp3) is 0.263. The molecule has 1 heterocycles. The molecule has 1 N–H and O–H groups in total. The van der Waals surface area contributed by atoms with Crippen LogP contribution in [0.15, 0.2) is 30.3 Å². The highest BCUT2D eigenvalue weighted by atomic mass is 19.1. The number of carboxylic acids is 1. The van der Waals surface area contributed by atoms with Gasteiger partial charge in [0.05, 0.1) is 5.69 Å². The molecule has 3 rings (SSSR count). The predicted octanol–water partition coefficient (Wildman–Crippen LogP) is 3.11. The number of hydrogen-bond acceptors (Lipinski definition) is 3. The Bertz CT molecular complexity index is 839. The molecule has 0 bridgehead atoms. The zero-order valence-electron chi connectivity index (χ0n) is 14.0. The number of amides is 1. The van der Waals surface area contributed by atoms with E-state index in [1.165, 1.54) is 6.07 Å². The first-order valence-electron chi connectivity index (χ1n) is 7.93. The third-order valence-electron chi connectivity index (χ3n) is 4.26. The van der Waals surface area contributed by atoms with Crippen LogP contribution < -0.4 is 9.64 Å². The van der Waals surface area contributed by atoms with Crippen molar-refractivity contribution >= 4 is 17.6 Å². The second-order valence-corrected chi connectivity index (χ2v) is 6.07. The SMILES string of the molecule is Cc1cc(C(=O)N2CCc3c(F)cccc32)cc(C)c1OCC(=O)O. The van der Waals surface area contributed by atoms with E-state index in [4.69, 9.17) is 9.84 Å². The molecule has 25 heavy (non-hydrogen) atoms. The van der Waals surface area contributed by atoms with Gasteiger partial charge in [-0.1, -0.05) is 6.07 Å². The molecule has 0 fully saturated rings. The molecule has 1 amide bonds. The normalized spacial score (nSPS) is 12.8. The second-order valence-electron chi connectivity index (χ2n) is 6.07. The minimum absolute atomic E-state index is 0.208. The van der Waals surface area contributed by atoms with Gasteiger partial charge in [-0.15, -0.1) is 0 Å². The Morgan fingerprint density at radius 2 is 1.92 bits per heavy atom. The molecule has 1 aliphatic heterocycles. The number of carbonyl (C=O) groups is 2. The molecule has 6 heteroatoms. The van der Waals surface area contributed by atoms with Crippen molar-refractivity contribution in [3.05, 3.63) is 58.4 Å². The monoisotopic (exact) mass is 343 g/mol. The molecular formula is C19H18FNO4. The summed E-state index contributed by atoms with van der Waals surface area (Å²) in [6.45, 7) is 3.52. The van der Waals surface area contributed by atoms with Crippen molar-refractivity contribution < 1.29 is 23.8 Å². The van der Waals surface area contributed by atoms with Gasteiger partial charge < -0.3 is 14.7 Å². The summed E-state index contributed by atoms with van der Waals surface area (Å²) in [5, 5.41) is 8.74. The van der Waals surface area contributed by atoms with Gasteiger partial charge in [0.2, 0.25) is 0 Å². The fourth-order valence-corrected chi connectivity index (χ4v) is 3.19. The molecule has 0 radical (unpaired) electrons. The van der Waals surface area contributed by atoms with Crippen molar-refractivity contribution in [1.29, 1.82) is 0 Å². The van der Waals surface area contributed by atoms with Crippen molar-refractivity contribution in [3.63, 3.8) is 0 Å². The molecule has 0 saturated heterocycles. The minimum atomic E-state index is -1.06. The first-order valence-corrected chi connectivity index (χ1v) is 7.93. The van der Waals surface area contributed by atoms with Crippen LogP contribution in [0.4, 0.5) is 10.1 Å². The molecule has 5 nitrogen and oxygen atoms in total. The highest BCUT2D eigenvalue weighted by Crippen LogP contribution is 2.32. The largest absolute Gasteiger partial charge is 0.481 e. The van der Waals surface area contributed by atoms with E-state index in [0.29, 0.717) is 46.7 Å². The van der Waals surface area contributed by atoms with Crippen LogP contribution in [0.25, 0.3) is 0 Å². The Morgan fingerprint density at radius 1 is 1.24 bits per heavy atom. The first-order chi connectivity index (χ1) is 11.9. The van der Waals surface area contributed by atoms with Crippen LogP contribution >= 0.6 is 0 Å². The van der Waals surface area contributed by atoms with Gasteiger partial charge in [0.25, 0.3) is 5.91 Å². The van der Waals surface area contributed by atoms with E-state index in [9.17, 15) is 14.0 Å². The highest BCUT2D eigenvalue weighted by molar-refractivity contribution is 6.07. The van der Waals surface area contributed by atoms with Gasteiger partial charge in [-0.2, -0.15) is 0 Å². The number of rotatable bonds is 4. The van der Waals surface area contributed by atoms with Crippen LogP contribution in [0, 0.1) is 19.7 Å². The number of nitrogens with zero attached hydrogens (tertiary/aromatic N) is 1. The maximum absolute atomic E-state index is 13.9.